The Kier molecular flexibility index (Phi) is 5.90. The number of carbonyl (C=O) groups is 3. The number of fused-ring (bicyclic) bond motifs is 1. The predicted octanol–water partition coefficient (Wildman–Crippen LogP) is 2.10. The van der Waals surface area contributed by atoms with Gasteiger partial charge in [0.1, 0.15) is 0 Å². The van der Waals surface area contributed by atoms with Gasteiger partial charge in [0.05, 0.1) is 6.54 Å². The number of benzene rings is 1. The molecular formula is C19H22F3N3O3. The molecular weight excluding hydrogens is 375 g/mol. The molecule has 1 aromatic rings. The summed E-state index contributed by atoms with van der Waals surface area (Å²) in [6.07, 6.45) is -1.92. The first-order chi connectivity index (χ1) is 13.3. The first-order valence-electron chi connectivity index (χ1n) is 9.29. The molecule has 0 spiro atoms. The van der Waals surface area contributed by atoms with Gasteiger partial charge in [-0.2, -0.15) is 13.2 Å². The normalized spacial score (nSPS) is 19.0. The van der Waals surface area contributed by atoms with E-state index >= 15 is 0 Å². The minimum atomic E-state index is -4.91. The van der Waals surface area contributed by atoms with Crippen LogP contribution in [0.5, 0.6) is 0 Å². The molecule has 6 nitrogen and oxygen atoms in total. The van der Waals surface area contributed by atoms with Crippen molar-refractivity contribution < 1.29 is 27.6 Å². The fraction of sp³-hybridized carbons (Fsp3) is 0.526. The van der Waals surface area contributed by atoms with Crippen LogP contribution in [0.3, 0.4) is 0 Å². The molecule has 1 unspecified atom stereocenters. The molecule has 28 heavy (non-hydrogen) atoms. The number of hydrogen-bond acceptors (Lipinski definition) is 3. The van der Waals surface area contributed by atoms with E-state index in [1.807, 2.05) is 11.4 Å². The molecule has 3 amide bonds. The van der Waals surface area contributed by atoms with Crippen molar-refractivity contribution in [3.63, 3.8) is 0 Å². The SMILES string of the molecule is O=C(NCC(=O)N1CC(CCNC(=O)C(F)(F)F)c2ccccc21)C1CCC1. The molecule has 0 bridgehead atoms. The third-order valence-electron chi connectivity index (χ3n) is 5.30. The summed E-state index contributed by atoms with van der Waals surface area (Å²) in [6.45, 7) is 0.0539. The highest BCUT2D eigenvalue weighted by atomic mass is 19.4. The minimum Gasteiger partial charge on any atom is -0.348 e. The van der Waals surface area contributed by atoms with E-state index in [9.17, 15) is 27.6 Å². The van der Waals surface area contributed by atoms with Crippen LogP contribution in [0.15, 0.2) is 24.3 Å². The van der Waals surface area contributed by atoms with E-state index in [2.05, 4.69) is 5.32 Å². The Labute approximate surface area is 160 Å². The molecule has 2 N–H and O–H groups in total. The van der Waals surface area contributed by atoms with E-state index in [0.717, 1.165) is 24.8 Å². The smallest absolute Gasteiger partial charge is 0.348 e. The lowest BCUT2D eigenvalue weighted by Gasteiger charge is -2.25. The maximum atomic E-state index is 12.6. The van der Waals surface area contributed by atoms with E-state index in [-0.39, 0.29) is 43.2 Å². The first kappa shape index (κ1) is 20.2. The summed E-state index contributed by atoms with van der Waals surface area (Å²) in [5.41, 5.74) is 1.54. The van der Waals surface area contributed by atoms with Crippen LogP contribution >= 0.6 is 0 Å². The van der Waals surface area contributed by atoms with Gasteiger partial charge >= 0.3 is 12.1 Å². The molecule has 0 saturated heterocycles. The molecule has 0 radical (unpaired) electrons. The molecule has 0 aromatic heterocycles. The van der Waals surface area contributed by atoms with Crippen LogP contribution in [0.4, 0.5) is 18.9 Å². The predicted molar refractivity (Wildman–Crippen MR) is 95.6 cm³/mol. The van der Waals surface area contributed by atoms with E-state index in [1.54, 1.807) is 23.1 Å². The van der Waals surface area contributed by atoms with Crippen molar-refractivity contribution in [3.8, 4) is 0 Å². The standard InChI is InChI=1S/C19H22F3N3O3/c20-19(21,22)18(28)23-9-8-13-11-25(15-7-2-1-6-14(13)15)16(26)10-24-17(27)12-4-3-5-12/h1-2,6-7,12-13H,3-5,8-11H2,(H,23,28)(H,24,27). The van der Waals surface area contributed by atoms with Gasteiger partial charge in [0, 0.05) is 30.6 Å². The number of halogens is 3. The highest BCUT2D eigenvalue weighted by Gasteiger charge is 2.39. The summed E-state index contributed by atoms with van der Waals surface area (Å²) in [7, 11) is 0. The number of carbonyl (C=O) groups excluding carboxylic acids is 3. The number of hydrogen-bond donors (Lipinski definition) is 2. The highest BCUT2D eigenvalue weighted by Crippen LogP contribution is 2.37. The molecule has 1 aliphatic heterocycles. The van der Waals surface area contributed by atoms with E-state index in [0.29, 0.717) is 12.2 Å². The third-order valence-corrected chi connectivity index (χ3v) is 5.30. The summed E-state index contributed by atoms with van der Waals surface area (Å²) in [4.78, 5) is 37.0. The second-order valence-electron chi connectivity index (χ2n) is 7.15. The molecule has 1 aliphatic carbocycles. The Morgan fingerprint density at radius 1 is 1.11 bits per heavy atom. The highest BCUT2D eigenvalue weighted by molar-refractivity contribution is 5.99. The average molecular weight is 397 g/mol. The van der Waals surface area contributed by atoms with Gasteiger partial charge < -0.3 is 15.5 Å². The Hall–Kier alpha value is -2.58. The van der Waals surface area contributed by atoms with Crippen LogP contribution in [0, 0.1) is 5.92 Å². The summed E-state index contributed by atoms with van der Waals surface area (Å²) >= 11 is 0. The number of rotatable bonds is 6. The van der Waals surface area contributed by atoms with E-state index in [1.165, 1.54) is 0 Å². The Morgan fingerprint density at radius 3 is 2.46 bits per heavy atom. The topological polar surface area (TPSA) is 78.5 Å². The molecule has 9 heteroatoms. The Morgan fingerprint density at radius 2 is 1.82 bits per heavy atom. The van der Waals surface area contributed by atoms with Crippen molar-refractivity contribution in [1.29, 1.82) is 0 Å². The lowest BCUT2D eigenvalue weighted by molar-refractivity contribution is -0.173. The quantitative estimate of drug-likeness (QED) is 0.772. The summed E-state index contributed by atoms with van der Waals surface area (Å²) in [5.74, 6) is -2.54. The van der Waals surface area contributed by atoms with Gasteiger partial charge in [0.2, 0.25) is 11.8 Å². The lowest BCUT2D eigenvalue weighted by atomic mass is 9.85. The van der Waals surface area contributed by atoms with Crippen molar-refractivity contribution in [2.45, 2.75) is 37.8 Å². The fourth-order valence-electron chi connectivity index (χ4n) is 3.51. The van der Waals surface area contributed by atoms with Crippen LogP contribution in [0.2, 0.25) is 0 Å². The zero-order valence-corrected chi connectivity index (χ0v) is 15.2. The molecule has 1 fully saturated rings. The van der Waals surface area contributed by atoms with Crippen molar-refractivity contribution in [1.82, 2.24) is 10.6 Å². The first-order valence-corrected chi connectivity index (χ1v) is 9.29. The maximum Gasteiger partial charge on any atom is 0.471 e. The largest absolute Gasteiger partial charge is 0.471 e. The van der Waals surface area contributed by atoms with Crippen molar-refractivity contribution in [2.24, 2.45) is 5.92 Å². The number of alkyl halides is 3. The molecule has 3 rings (SSSR count). The van der Waals surface area contributed by atoms with Crippen LogP contribution in [0.1, 0.15) is 37.2 Å². The Bertz CT molecular complexity index is 762. The van der Waals surface area contributed by atoms with Crippen molar-refractivity contribution in [3.05, 3.63) is 29.8 Å². The molecule has 1 aromatic carbocycles. The number of nitrogens with zero attached hydrogens (tertiary/aromatic N) is 1. The second-order valence-corrected chi connectivity index (χ2v) is 7.15. The van der Waals surface area contributed by atoms with Crippen LogP contribution in [-0.4, -0.2) is 43.5 Å². The molecule has 1 atom stereocenters. The van der Waals surface area contributed by atoms with Gasteiger partial charge in [-0.15, -0.1) is 0 Å². The lowest BCUT2D eigenvalue weighted by Crippen LogP contribution is -2.43. The zero-order chi connectivity index (χ0) is 20.3. The second kappa shape index (κ2) is 8.20. The van der Waals surface area contributed by atoms with Crippen LogP contribution < -0.4 is 15.5 Å². The van der Waals surface area contributed by atoms with Crippen LogP contribution in [-0.2, 0) is 14.4 Å². The van der Waals surface area contributed by atoms with Gasteiger partial charge in [-0.25, -0.2) is 0 Å². The number of nitrogens with one attached hydrogen (secondary N) is 2. The molecule has 2 aliphatic rings. The van der Waals surface area contributed by atoms with Gasteiger partial charge in [0.15, 0.2) is 0 Å². The Balaban J connectivity index is 1.57. The maximum absolute atomic E-state index is 12.6. The van der Waals surface area contributed by atoms with Crippen molar-refractivity contribution >= 4 is 23.4 Å². The number of amides is 3. The molecule has 1 saturated carbocycles. The summed E-state index contributed by atoms with van der Waals surface area (Å²) in [6, 6.07) is 7.17. The summed E-state index contributed by atoms with van der Waals surface area (Å²) in [5, 5.41) is 4.53. The third kappa shape index (κ3) is 4.45. The van der Waals surface area contributed by atoms with Gasteiger partial charge in [-0.3, -0.25) is 14.4 Å². The van der Waals surface area contributed by atoms with Crippen LogP contribution in [0.25, 0.3) is 0 Å². The minimum absolute atomic E-state index is 0.0105. The summed E-state index contributed by atoms with van der Waals surface area (Å²) < 4.78 is 36.9. The number of anilines is 1. The number of para-hydroxylation sites is 1. The monoisotopic (exact) mass is 397 g/mol. The molecule has 1 heterocycles. The zero-order valence-electron chi connectivity index (χ0n) is 15.2. The van der Waals surface area contributed by atoms with Gasteiger partial charge in [0.25, 0.3) is 0 Å². The van der Waals surface area contributed by atoms with Crippen molar-refractivity contribution in [2.75, 3.05) is 24.5 Å². The van der Waals surface area contributed by atoms with Gasteiger partial charge in [-0.05, 0) is 30.9 Å². The van der Waals surface area contributed by atoms with Gasteiger partial charge in [-0.1, -0.05) is 24.6 Å². The fourth-order valence-corrected chi connectivity index (χ4v) is 3.51. The molecule has 152 valence electrons. The van der Waals surface area contributed by atoms with E-state index < -0.39 is 12.1 Å². The van der Waals surface area contributed by atoms with E-state index in [4.69, 9.17) is 0 Å². The average Bonchev–Trinajstić information content (AvgIpc) is 2.96.